The normalized spacial score (nSPS) is 22.8. The molecular formula is C20H24N2O4. The van der Waals surface area contributed by atoms with E-state index < -0.39 is 17.8 Å². The molecule has 0 heterocycles. The molecule has 2 aliphatic carbocycles. The van der Waals surface area contributed by atoms with E-state index in [0.29, 0.717) is 24.1 Å². The third-order valence-electron chi connectivity index (χ3n) is 5.19. The van der Waals surface area contributed by atoms with E-state index in [2.05, 4.69) is 10.6 Å². The van der Waals surface area contributed by atoms with Gasteiger partial charge in [0.25, 0.3) is 5.91 Å². The van der Waals surface area contributed by atoms with Crippen LogP contribution in [0.15, 0.2) is 36.4 Å². The molecule has 6 nitrogen and oxygen atoms in total. The third kappa shape index (κ3) is 4.31. The summed E-state index contributed by atoms with van der Waals surface area (Å²) < 4.78 is 0. The highest BCUT2D eigenvalue weighted by atomic mass is 16.4. The standard InChI is InChI=1S/C20H24N2O4/c23-18(21-14-5-1-2-6-14)13-9-11-15(12-10-13)22-19(24)16-7-3-4-8-17(16)20(25)26/h3-4,9-12,14,16-17H,1-2,5-8H2,(H,21,23)(H,22,24)(H,25,26). The molecule has 0 bridgehead atoms. The lowest BCUT2D eigenvalue weighted by molar-refractivity contribution is -0.146. The monoisotopic (exact) mass is 356 g/mol. The van der Waals surface area contributed by atoms with Crippen LogP contribution in [0.5, 0.6) is 0 Å². The van der Waals surface area contributed by atoms with Crippen molar-refractivity contribution in [3.8, 4) is 0 Å². The number of aliphatic carboxylic acids is 1. The van der Waals surface area contributed by atoms with Gasteiger partial charge in [-0.15, -0.1) is 0 Å². The Labute approximate surface area is 152 Å². The number of allylic oxidation sites excluding steroid dienone is 2. The number of nitrogens with one attached hydrogen (secondary N) is 2. The number of carbonyl (C=O) groups excluding carboxylic acids is 2. The largest absolute Gasteiger partial charge is 0.481 e. The van der Waals surface area contributed by atoms with Crippen LogP contribution in [0.25, 0.3) is 0 Å². The van der Waals surface area contributed by atoms with E-state index in [-0.39, 0.29) is 17.9 Å². The molecule has 1 saturated carbocycles. The number of anilines is 1. The molecule has 2 aliphatic rings. The number of benzene rings is 1. The number of carboxylic acids is 1. The number of rotatable bonds is 5. The molecule has 2 amide bonds. The van der Waals surface area contributed by atoms with Crippen LogP contribution in [0.2, 0.25) is 0 Å². The maximum Gasteiger partial charge on any atom is 0.307 e. The molecule has 26 heavy (non-hydrogen) atoms. The molecule has 0 saturated heterocycles. The smallest absolute Gasteiger partial charge is 0.307 e. The lowest BCUT2D eigenvalue weighted by Crippen LogP contribution is -2.34. The second kappa shape index (κ2) is 8.17. The third-order valence-corrected chi connectivity index (χ3v) is 5.19. The van der Waals surface area contributed by atoms with Crippen molar-refractivity contribution in [1.29, 1.82) is 0 Å². The van der Waals surface area contributed by atoms with Crippen molar-refractivity contribution in [3.05, 3.63) is 42.0 Å². The van der Waals surface area contributed by atoms with Gasteiger partial charge in [-0.1, -0.05) is 25.0 Å². The summed E-state index contributed by atoms with van der Waals surface area (Å²) in [6, 6.07) is 6.96. The van der Waals surface area contributed by atoms with Crippen LogP contribution in [0.1, 0.15) is 48.9 Å². The molecule has 138 valence electrons. The van der Waals surface area contributed by atoms with Crippen molar-refractivity contribution in [3.63, 3.8) is 0 Å². The molecule has 2 atom stereocenters. The Balaban J connectivity index is 1.59. The fraction of sp³-hybridized carbons (Fsp3) is 0.450. The van der Waals surface area contributed by atoms with Crippen molar-refractivity contribution >= 4 is 23.5 Å². The highest BCUT2D eigenvalue weighted by Crippen LogP contribution is 2.27. The zero-order valence-corrected chi connectivity index (χ0v) is 14.6. The van der Waals surface area contributed by atoms with E-state index in [1.54, 1.807) is 30.3 Å². The summed E-state index contributed by atoms with van der Waals surface area (Å²) in [5, 5.41) is 15.1. The van der Waals surface area contributed by atoms with Crippen molar-refractivity contribution in [1.82, 2.24) is 5.32 Å². The average Bonchev–Trinajstić information content (AvgIpc) is 3.15. The number of carbonyl (C=O) groups is 3. The maximum atomic E-state index is 12.4. The van der Waals surface area contributed by atoms with E-state index in [1.807, 2.05) is 6.08 Å². The Morgan fingerprint density at radius 1 is 0.923 bits per heavy atom. The van der Waals surface area contributed by atoms with Gasteiger partial charge >= 0.3 is 5.97 Å². The van der Waals surface area contributed by atoms with Crippen LogP contribution in [0.3, 0.4) is 0 Å². The van der Waals surface area contributed by atoms with Crippen molar-refractivity contribution < 1.29 is 19.5 Å². The Bertz CT molecular complexity index is 705. The van der Waals surface area contributed by atoms with E-state index in [1.165, 1.54) is 0 Å². The first kappa shape index (κ1) is 18.2. The Hall–Kier alpha value is -2.63. The lowest BCUT2D eigenvalue weighted by Gasteiger charge is -2.24. The van der Waals surface area contributed by atoms with Gasteiger partial charge in [-0.2, -0.15) is 0 Å². The fourth-order valence-electron chi connectivity index (χ4n) is 3.66. The lowest BCUT2D eigenvalue weighted by atomic mass is 9.82. The van der Waals surface area contributed by atoms with Crippen LogP contribution < -0.4 is 10.6 Å². The summed E-state index contributed by atoms with van der Waals surface area (Å²) in [5.74, 6) is -2.63. The van der Waals surface area contributed by atoms with Gasteiger partial charge in [-0.25, -0.2) is 0 Å². The van der Waals surface area contributed by atoms with Crippen LogP contribution >= 0.6 is 0 Å². The highest BCUT2D eigenvalue weighted by Gasteiger charge is 2.33. The SMILES string of the molecule is O=C(NC1CCCC1)c1ccc(NC(=O)C2CC=CCC2C(=O)O)cc1. The first-order valence-corrected chi connectivity index (χ1v) is 9.14. The van der Waals surface area contributed by atoms with Gasteiger partial charge in [0.1, 0.15) is 0 Å². The Morgan fingerprint density at radius 2 is 1.54 bits per heavy atom. The molecule has 3 N–H and O–H groups in total. The van der Waals surface area contributed by atoms with E-state index in [0.717, 1.165) is 25.7 Å². The van der Waals surface area contributed by atoms with Gasteiger partial charge in [0, 0.05) is 17.3 Å². The minimum Gasteiger partial charge on any atom is -0.481 e. The zero-order chi connectivity index (χ0) is 18.5. The van der Waals surface area contributed by atoms with Gasteiger partial charge in [0.2, 0.25) is 5.91 Å². The molecule has 0 radical (unpaired) electrons. The quantitative estimate of drug-likeness (QED) is 0.707. The predicted molar refractivity (Wildman–Crippen MR) is 97.8 cm³/mol. The molecule has 1 aromatic carbocycles. The van der Waals surface area contributed by atoms with Gasteiger partial charge in [-0.3, -0.25) is 14.4 Å². The van der Waals surface area contributed by atoms with Crippen molar-refractivity contribution in [2.75, 3.05) is 5.32 Å². The summed E-state index contributed by atoms with van der Waals surface area (Å²) in [7, 11) is 0. The number of hydrogen-bond donors (Lipinski definition) is 3. The van der Waals surface area contributed by atoms with Gasteiger partial charge in [0.15, 0.2) is 0 Å². The number of amides is 2. The molecule has 2 unspecified atom stereocenters. The number of carboxylic acid groups (broad SMARTS) is 1. The summed E-state index contributed by atoms with van der Waals surface area (Å²) in [5.41, 5.74) is 1.12. The molecular weight excluding hydrogens is 332 g/mol. The molecule has 0 spiro atoms. The predicted octanol–water partition coefficient (Wildman–Crippen LogP) is 2.96. The van der Waals surface area contributed by atoms with Crippen LogP contribution in [-0.4, -0.2) is 28.9 Å². The number of hydrogen-bond acceptors (Lipinski definition) is 3. The summed E-state index contributed by atoms with van der Waals surface area (Å²) >= 11 is 0. The maximum absolute atomic E-state index is 12.4. The van der Waals surface area contributed by atoms with Crippen molar-refractivity contribution in [2.24, 2.45) is 11.8 Å². The first-order valence-electron chi connectivity index (χ1n) is 9.14. The topological polar surface area (TPSA) is 95.5 Å². The molecule has 1 fully saturated rings. The second-order valence-corrected chi connectivity index (χ2v) is 7.02. The molecule has 3 rings (SSSR count). The zero-order valence-electron chi connectivity index (χ0n) is 14.6. The van der Waals surface area contributed by atoms with Gasteiger partial charge in [0.05, 0.1) is 11.8 Å². The summed E-state index contributed by atoms with van der Waals surface area (Å²) in [6.45, 7) is 0. The first-order chi connectivity index (χ1) is 12.5. The average molecular weight is 356 g/mol. The Kier molecular flexibility index (Phi) is 5.71. The minimum absolute atomic E-state index is 0.0989. The van der Waals surface area contributed by atoms with E-state index >= 15 is 0 Å². The molecule has 1 aromatic rings. The van der Waals surface area contributed by atoms with E-state index in [9.17, 15) is 19.5 Å². The van der Waals surface area contributed by atoms with Gasteiger partial charge < -0.3 is 15.7 Å². The van der Waals surface area contributed by atoms with E-state index in [4.69, 9.17) is 0 Å². The van der Waals surface area contributed by atoms with Crippen LogP contribution in [0, 0.1) is 11.8 Å². The van der Waals surface area contributed by atoms with Crippen molar-refractivity contribution in [2.45, 2.75) is 44.6 Å². The summed E-state index contributed by atoms with van der Waals surface area (Å²) in [4.78, 5) is 36.0. The van der Waals surface area contributed by atoms with Crippen LogP contribution in [-0.2, 0) is 9.59 Å². The Morgan fingerprint density at radius 3 is 2.15 bits per heavy atom. The van der Waals surface area contributed by atoms with Crippen LogP contribution in [0.4, 0.5) is 5.69 Å². The van der Waals surface area contributed by atoms with Gasteiger partial charge in [-0.05, 0) is 49.9 Å². The fourth-order valence-corrected chi connectivity index (χ4v) is 3.66. The summed E-state index contributed by atoms with van der Waals surface area (Å²) in [6.07, 6.45) is 8.81. The second-order valence-electron chi connectivity index (χ2n) is 7.02. The molecule has 0 aliphatic heterocycles. The minimum atomic E-state index is -0.951. The molecule has 6 heteroatoms. The highest BCUT2D eigenvalue weighted by molar-refractivity contribution is 5.97. The molecule has 0 aromatic heterocycles.